The first-order chi connectivity index (χ1) is 8.16. The highest BCUT2D eigenvalue weighted by atomic mass is 35.5. The molecule has 2 aromatic rings. The van der Waals surface area contributed by atoms with E-state index in [0.717, 1.165) is 5.69 Å². The molecule has 0 bridgehead atoms. The monoisotopic (exact) mass is 267 g/mol. The van der Waals surface area contributed by atoms with Crippen LogP contribution in [0.5, 0.6) is 0 Å². The first-order valence-corrected chi connectivity index (χ1v) is 6.19. The topological polar surface area (TPSA) is 68.0 Å². The van der Waals surface area contributed by atoms with Gasteiger partial charge in [0.15, 0.2) is 0 Å². The van der Waals surface area contributed by atoms with Crippen LogP contribution in [0.3, 0.4) is 0 Å². The van der Waals surface area contributed by atoms with E-state index < -0.39 is 0 Å². The van der Waals surface area contributed by atoms with E-state index in [-0.39, 0.29) is 5.91 Å². The average molecular weight is 268 g/mol. The molecule has 0 aliphatic heterocycles. The maximum atomic E-state index is 11.8. The molecule has 0 aliphatic carbocycles. The van der Waals surface area contributed by atoms with E-state index in [1.165, 1.54) is 11.3 Å². The van der Waals surface area contributed by atoms with Gasteiger partial charge in [0, 0.05) is 10.9 Å². The van der Waals surface area contributed by atoms with Crippen LogP contribution in [0.4, 0.5) is 5.69 Å². The predicted molar refractivity (Wildman–Crippen MR) is 69.1 cm³/mol. The predicted octanol–water partition coefficient (Wildman–Crippen LogP) is 2.31. The van der Waals surface area contributed by atoms with Crippen LogP contribution < -0.4 is 11.1 Å². The van der Waals surface area contributed by atoms with E-state index >= 15 is 0 Å². The van der Waals surface area contributed by atoms with Crippen LogP contribution >= 0.6 is 22.9 Å². The summed E-state index contributed by atoms with van der Waals surface area (Å²) in [5.74, 6) is -0.193. The maximum Gasteiger partial charge on any atom is 0.251 e. The van der Waals surface area contributed by atoms with Gasteiger partial charge in [-0.1, -0.05) is 11.6 Å². The minimum absolute atomic E-state index is 0.193. The minimum Gasteiger partial charge on any atom is -0.398 e. The summed E-state index contributed by atoms with van der Waals surface area (Å²) in [5, 5.41) is 5.09. The lowest BCUT2D eigenvalue weighted by Crippen LogP contribution is -2.23. The molecule has 0 atom stereocenters. The highest BCUT2D eigenvalue weighted by Gasteiger charge is 2.07. The lowest BCUT2D eigenvalue weighted by molar-refractivity contribution is 0.0950. The third-order valence-corrected chi connectivity index (χ3v) is 3.15. The summed E-state index contributed by atoms with van der Waals surface area (Å²) >= 11 is 7.27. The number of halogens is 1. The Bertz CT molecular complexity index is 528. The molecule has 1 aromatic heterocycles. The first-order valence-electron chi connectivity index (χ1n) is 4.87. The molecule has 2 rings (SSSR count). The number of anilines is 1. The minimum atomic E-state index is -0.193. The van der Waals surface area contributed by atoms with Gasteiger partial charge in [0.2, 0.25) is 0 Å². The van der Waals surface area contributed by atoms with Gasteiger partial charge in [0.25, 0.3) is 5.91 Å². The normalized spacial score (nSPS) is 10.2. The van der Waals surface area contributed by atoms with Gasteiger partial charge in [0.05, 0.1) is 28.5 Å². The number of aromatic nitrogens is 1. The van der Waals surface area contributed by atoms with Crippen molar-refractivity contribution in [2.75, 3.05) is 5.73 Å². The number of hydrogen-bond acceptors (Lipinski definition) is 4. The van der Waals surface area contributed by atoms with Crippen molar-refractivity contribution in [2.45, 2.75) is 6.54 Å². The molecule has 0 saturated heterocycles. The van der Waals surface area contributed by atoms with Crippen LogP contribution in [-0.2, 0) is 6.54 Å². The number of rotatable bonds is 3. The summed E-state index contributed by atoms with van der Waals surface area (Å²) in [6, 6.07) is 4.79. The fourth-order valence-electron chi connectivity index (χ4n) is 1.28. The number of nitrogens with two attached hydrogens (primary N) is 1. The Balaban J connectivity index is 2.02. The van der Waals surface area contributed by atoms with E-state index in [4.69, 9.17) is 17.3 Å². The average Bonchev–Trinajstić information content (AvgIpc) is 2.82. The van der Waals surface area contributed by atoms with E-state index in [0.29, 0.717) is 22.8 Å². The second-order valence-corrected chi connectivity index (χ2v) is 4.52. The molecule has 0 radical (unpaired) electrons. The van der Waals surface area contributed by atoms with Crippen molar-refractivity contribution in [3.63, 3.8) is 0 Å². The van der Waals surface area contributed by atoms with Crippen molar-refractivity contribution in [2.24, 2.45) is 0 Å². The fourth-order valence-corrected chi connectivity index (χ4v) is 1.96. The van der Waals surface area contributed by atoms with Gasteiger partial charge in [-0.05, 0) is 18.2 Å². The van der Waals surface area contributed by atoms with Gasteiger partial charge in [-0.2, -0.15) is 0 Å². The Hall–Kier alpha value is -1.59. The van der Waals surface area contributed by atoms with E-state index in [1.54, 1.807) is 23.7 Å². The third kappa shape index (κ3) is 2.95. The molecule has 6 heteroatoms. The zero-order chi connectivity index (χ0) is 12.3. The molecular formula is C11H10ClN3OS. The van der Waals surface area contributed by atoms with Gasteiger partial charge in [-0.3, -0.25) is 4.79 Å². The molecule has 1 amide bonds. The Morgan fingerprint density at radius 2 is 2.35 bits per heavy atom. The molecule has 1 aromatic carbocycles. The number of carbonyl (C=O) groups excluding carboxylic acids is 1. The van der Waals surface area contributed by atoms with Crippen molar-refractivity contribution < 1.29 is 4.79 Å². The molecule has 0 spiro atoms. The highest BCUT2D eigenvalue weighted by Crippen LogP contribution is 2.19. The van der Waals surface area contributed by atoms with Crippen LogP contribution in [0.15, 0.2) is 29.1 Å². The molecule has 0 aliphatic rings. The lowest BCUT2D eigenvalue weighted by Gasteiger charge is -2.05. The quantitative estimate of drug-likeness (QED) is 0.839. The number of hydrogen-bond donors (Lipinski definition) is 2. The molecular weight excluding hydrogens is 258 g/mol. The van der Waals surface area contributed by atoms with Gasteiger partial charge in [0.1, 0.15) is 0 Å². The molecule has 1 heterocycles. The Morgan fingerprint density at radius 3 is 3.00 bits per heavy atom. The number of amides is 1. The van der Waals surface area contributed by atoms with Gasteiger partial charge < -0.3 is 11.1 Å². The molecule has 4 nitrogen and oxygen atoms in total. The number of benzene rings is 1. The number of carbonyl (C=O) groups is 1. The second kappa shape index (κ2) is 5.16. The van der Waals surface area contributed by atoms with Crippen molar-refractivity contribution in [3.8, 4) is 0 Å². The molecule has 88 valence electrons. The zero-order valence-corrected chi connectivity index (χ0v) is 10.4. The van der Waals surface area contributed by atoms with Crippen LogP contribution in [0, 0.1) is 0 Å². The van der Waals surface area contributed by atoms with Gasteiger partial charge in [-0.15, -0.1) is 11.3 Å². The number of nitrogen functional groups attached to an aromatic ring is 1. The summed E-state index contributed by atoms with van der Waals surface area (Å²) in [7, 11) is 0. The summed E-state index contributed by atoms with van der Waals surface area (Å²) < 4.78 is 0. The van der Waals surface area contributed by atoms with Crippen LogP contribution in [0.25, 0.3) is 0 Å². The molecule has 0 unspecified atom stereocenters. The van der Waals surface area contributed by atoms with E-state index in [2.05, 4.69) is 10.3 Å². The summed E-state index contributed by atoms with van der Waals surface area (Å²) in [6.07, 6.45) is 0. The maximum absolute atomic E-state index is 11.8. The summed E-state index contributed by atoms with van der Waals surface area (Å²) in [5.41, 5.74) is 9.07. The van der Waals surface area contributed by atoms with Crippen molar-refractivity contribution >= 4 is 34.5 Å². The molecule has 3 N–H and O–H groups in total. The van der Waals surface area contributed by atoms with Crippen LogP contribution in [-0.4, -0.2) is 10.9 Å². The van der Waals surface area contributed by atoms with Crippen LogP contribution in [0.1, 0.15) is 16.1 Å². The SMILES string of the molecule is Nc1cc(C(=O)NCc2cscn2)ccc1Cl. The smallest absolute Gasteiger partial charge is 0.251 e. The van der Waals surface area contributed by atoms with Gasteiger partial charge >= 0.3 is 0 Å². The second-order valence-electron chi connectivity index (χ2n) is 3.40. The van der Waals surface area contributed by atoms with Gasteiger partial charge in [-0.25, -0.2) is 4.98 Å². The van der Waals surface area contributed by atoms with Crippen LogP contribution in [0.2, 0.25) is 5.02 Å². The molecule has 0 saturated carbocycles. The standard InChI is InChI=1S/C11H10ClN3OS/c12-9-2-1-7(3-10(9)13)11(16)14-4-8-5-17-6-15-8/h1-3,5-6H,4,13H2,(H,14,16). The molecule has 17 heavy (non-hydrogen) atoms. The molecule has 0 fully saturated rings. The first kappa shape index (κ1) is 11.9. The zero-order valence-electron chi connectivity index (χ0n) is 8.81. The van der Waals surface area contributed by atoms with Crippen molar-refractivity contribution in [1.29, 1.82) is 0 Å². The van der Waals surface area contributed by atoms with Crippen molar-refractivity contribution in [1.82, 2.24) is 10.3 Å². The number of thiazole rings is 1. The Labute approximate surface area is 107 Å². The Kier molecular flexibility index (Phi) is 3.61. The lowest BCUT2D eigenvalue weighted by atomic mass is 10.2. The number of nitrogens with zero attached hydrogens (tertiary/aromatic N) is 1. The third-order valence-electron chi connectivity index (χ3n) is 2.17. The summed E-state index contributed by atoms with van der Waals surface area (Å²) in [6.45, 7) is 0.408. The largest absolute Gasteiger partial charge is 0.398 e. The summed E-state index contributed by atoms with van der Waals surface area (Å²) in [4.78, 5) is 15.8. The number of nitrogens with one attached hydrogen (secondary N) is 1. The highest BCUT2D eigenvalue weighted by molar-refractivity contribution is 7.07. The van der Waals surface area contributed by atoms with E-state index in [9.17, 15) is 4.79 Å². The fraction of sp³-hybridized carbons (Fsp3) is 0.0909. The Morgan fingerprint density at radius 1 is 1.53 bits per heavy atom. The van der Waals surface area contributed by atoms with E-state index in [1.807, 2.05) is 5.38 Å². The van der Waals surface area contributed by atoms with Crippen molar-refractivity contribution in [3.05, 3.63) is 45.4 Å².